The Morgan fingerprint density at radius 3 is 2.32 bits per heavy atom. The molecular weight excluding hydrogens is 449 g/mol. The second-order valence-corrected chi connectivity index (χ2v) is 9.57. The summed E-state index contributed by atoms with van der Waals surface area (Å²) >= 11 is 0. The van der Waals surface area contributed by atoms with Crippen LogP contribution in [-0.2, 0) is 16.3 Å². The number of nitrogens with one attached hydrogen (secondary N) is 2. The predicted octanol–water partition coefficient (Wildman–Crippen LogP) is 3.01. The van der Waals surface area contributed by atoms with Crippen molar-refractivity contribution in [3.63, 3.8) is 0 Å². The third kappa shape index (κ3) is 9.44. The Bertz CT molecular complexity index is 611. The third-order valence-electron chi connectivity index (χ3n) is 3.68. The Labute approximate surface area is 170 Å². The molecule has 25 heavy (non-hydrogen) atoms. The Morgan fingerprint density at radius 1 is 1.12 bits per heavy atom. The van der Waals surface area contributed by atoms with Gasteiger partial charge in [-0.15, -0.1) is 24.0 Å². The molecule has 0 radical (unpaired) electrons. The highest BCUT2D eigenvalue weighted by atomic mass is 127. The number of rotatable bonds is 8. The van der Waals surface area contributed by atoms with E-state index >= 15 is 0 Å². The first-order valence-corrected chi connectivity index (χ1v) is 10.2. The van der Waals surface area contributed by atoms with E-state index in [1.165, 1.54) is 5.56 Å². The summed E-state index contributed by atoms with van der Waals surface area (Å²) in [4.78, 5) is 4.51. The van der Waals surface area contributed by atoms with Crippen molar-refractivity contribution in [2.45, 2.75) is 45.3 Å². The van der Waals surface area contributed by atoms with Gasteiger partial charge in [-0.05, 0) is 46.1 Å². The van der Waals surface area contributed by atoms with Gasteiger partial charge in [0.25, 0.3) is 0 Å². The van der Waals surface area contributed by atoms with Gasteiger partial charge in [0.1, 0.15) is 0 Å². The van der Waals surface area contributed by atoms with E-state index in [0.717, 1.165) is 19.4 Å². The van der Waals surface area contributed by atoms with Gasteiger partial charge in [-0.1, -0.05) is 30.3 Å². The first-order chi connectivity index (χ1) is 11.3. The van der Waals surface area contributed by atoms with Crippen molar-refractivity contribution in [2.75, 3.05) is 25.4 Å². The molecule has 0 bridgehead atoms. The zero-order valence-electron chi connectivity index (χ0n) is 15.7. The van der Waals surface area contributed by atoms with Crippen LogP contribution in [0.1, 0.15) is 39.7 Å². The fourth-order valence-corrected chi connectivity index (χ4v) is 3.05. The molecule has 0 atom stereocenters. The number of nitrogens with zero attached hydrogens (tertiary/aromatic N) is 1. The lowest BCUT2D eigenvalue weighted by Gasteiger charge is -2.19. The topological polar surface area (TPSA) is 70.6 Å². The highest BCUT2D eigenvalue weighted by Crippen LogP contribution is 2.15. The van der Waals surface area contributed by atoms with E-state index in [4.69, 9.17) is 0 Å². The minimum atomic E-state index is -3.11. The van der Waals surface area contributed by atoms with E-state index in [1.807, 2.05) is 25.1 Å². The molecule has 5 nitrogen and oxygen atoms in total. The molecule has 0 fully saturated rings. The Kier molecular flexibility index (Phi) is 11.3. The van der Waals surface area contributed by atoms with Gasteiger partial charge < -0.3 is 10.6 Å². The van der Waals surface area contributed by atoms with Crippen LogP contribution in [0.4, 0.5) is 0 Å². The standard InChI is InChI=1S/C18H31N3O2S.HI/c1-5-19-17(21-14-15-24(22,23)18(2,3)4)20-13-9-12-16-10-7-6-8-11-16;/h6-8,10-11H,5,9,12-15H2,1-4H3,(H2,19,20,21);1H. The van der Waals surface area contributed by atoms with Crippen LogP contribution in [0.3, 0.4) is 0 Å². The minimum absolute atomic E-state index is 0. The van der Waals surface area contributed by atoms with Crippen LogP contribution in [0, 0.1) is 0 Å². The molecule has 0 saturated carbocycles. The van der Waals surface area contributed by atoms with Crippen molar-refractivity contribution < 1.29 is 8.42 Å². The first-order valence-electron chi connectivity index (χ1n) is 8.54. The molecule has 0 saturated heterocycles. The predicted molar refractivity (Wildman–Crippen MR) is 118 cm³/mol. The number of aliphatic imine (C=N–C) groups is 1. The lowest BCUT2D eigenvalue weighted by atomic mass is 10.1. The van der Waals surface area contributed by atoms with E-state index in [1.54, 1.807) is 20.8 Å². The molecule has 0 spiro atoms. The van der Waals surface area contributed by atoms with Gasteiger partial charge in [0.15, 0.2) is 15.8 Å². The molecule has 1 rings (SSSR count). The van der Waals surface area contributed by atoms with Crippen molar-refractivity contribution in [1.29, 1.82) is 0 Å². The maximum absolute atomic E-state index is 12.1. The second kappa shape index (κ2) is 11.7. The van der Waals surface area contributed by atoms with E-state index in [0.29, 0.717) is 19.0 Å². The summed E-state index contributed by atoms with van der Waals surface area (Å²) in [5, 5.41) is 6.26. The molecule has 0 aliphatic heterocycles. The van der Waals surface area contributed by atoms with Gasteiger partial charge in [-0.3, -0.25) is 4.99 Å². The average Bonchev–Trinajstić information content (AvgIpc) is 2.51. The third-order valence-corrected chi connectivity index (χ3v) is 6.28. The van der Waals surface area contributed by atoms with Gasteiger partial charge in [0.2, 0.25) is 0 Å². The van der Waals surface area contributed by atoms with Crippen molar-refractivity contribution in [2.24, 2.45) is 4.99 Å². The summed E-state index contributed by atoms with van der Waals surface area (Å²) in [7, 11) is -3.11. The summed E-state index contributed by atoms with van der Waals surface area (Å²) in [6.45, 7) is 8.99. The zero-order valence-corrected chi connectivity index (χ0v) is 18.9. The van der Waals surface area contributed by atoms with Crippen LogP contribution in [0.5, 0.6) is 0 Å². The van der Waals surface area contributed by atoms with Gasteiger partial charge in [-0.2, -0.15) is 0 Å². The van der Waals surface area contributed by atoms with Crippen molar-refractivity contribution >= 4 is 39.8 Å². The summed E-state index contributed by atoms with van der Waals surface area (Å²) in [6, 6.07) is 10.3. The second-order valence-electron chi connectivity index (χ2n) is 6.71. The average molecular weight is 481 g/mol. The molecule has 0 unspecified atom stereocenters. The Hall–Kier alpha value is -0.830. The number of aryl methyl sites for hydroxylation is 1. The van der Waals surface area contributed by atoms with Crippen LogP contribution in [-0.4, -0.2) is 44.5 Å². The van der Waals surface area contributed by atoms with Gasteiger partial charge in [-0.25, -0.2) is 8.42 Å². The fraction of sp³-hybridized carbons (Fsp3) is 0.611. The molecule has 2 N–H and O–H groups in total. The van der Waals surface area contributed by atoms with E-state index in [9.17, 15) is 8.42 Å². The molecule has 0 aromatic heterocycles. The number of benzene rings is 1. The highest BCUT2D eigenvalue weighted by molar-refractivity contribution is 14.0. The fourth-order valence-electron chi connectivity index (χ4n) is 2.07. The lowest BCUT2D eigenvalue weighted by Crippen LogP contribution is -2.41. The van der Waals surface area contributed by atoms with Crippen LogP contribution < -0.4 is 10.6 Å². The van der Waals surface area contributed by atoms with Crippen LogP contribution in [0.15, 0.2) is 35.3 Å². The first kappa shape index (κ1) is 24.2. The van der Waals surface area contributed by atoms with Crippen LogP contribution in [0.2, 0.25) is 0 Å². The Morgan fingerprint density at radius 2 is 1.76 bits per heavy atom. The SMILES string of the molecule is CCNC(=NCCCc1ccccc1)NCCS(=O)(=O)C(C)(C)C.I. The van der Waals surface area contributed by atoms with Gasteiger partial charge in [0.05, 0.1) is 10.5 Å². The van der Waals surface area contributed by atoms with Crippen molar-refractivity contribution in [3.05, 3.63) is 35.9 Å². The number of hydrogen-bond donors (Lipinski definition) is 2. The maximum Gasteiger partial charge on any atom is 0.191 e. The quantitative estimate of drug-likeness (QED) is 0.259. The molecule has 1 aromatic carbocycles. The van der Waals surface area contributed by atoms with E-state index in [-0.39, 0.29) is 29.7 Å². The van der Waals surface area contributed by atoms with Crippen molar-refractivity contribution in [3.8, 4) is 0 Å². The molecule has 0 aliphatic carbocycles. The zero-order chi connectivity index (χ0) is 18.1. The van der Waals surface area contributed by atoms with E-state index in [2.05, 4.69) is 27.8 Å². The van der Waals surface area contributed by atoms with Gasteiger partial charge >= 0.3 is 0 Å². The molecule has 0 aliphatic rings. The number of halogens is 1. The number of guanidine groups is 1. The summed E-state index contributed by atoms with van der Waals surface area (Å²) in [5.74, 6) is 0.778. The maximum atomic E-state index is 12.1. The summed E-state index contributed by atoms with van der Waals surface area (Å²) < 4.78 is 23.5. The number of sulfone groups is 1. The van der Waals surface area contributed by atoms with Gasteiger partial charge in [0, 0.05) is 19.6 Å². The normalized spacial score (nSPS) is 12.4. The Balaban J connectivity index is 0.00000576. The number of hydrogen-bond acceptors (Lipinski definition) is 3. The lowest BCUT2D eigenvalue weighted by molar-refractivity contribution is 0.559. The highest BCUT2D eigenvalue weighted by Gasteiger charge is 2.28. The van der Waals surface area contributed by atoms with Crippen LogP contribution >= 0.6 is 24.0 Å². The minimum Gasteiger partial charge on any atom is -0.357 e. The molecule has 7 heteroatoms. The monoisotopic (exact) mass is 481 g/mol. The smallest absolute Gasteiger partial charge is 0.191 e. The van der Waals surface area contributed by atoms with Crippen LogP contribution in [0.25, 0.3) is 0 Å². The molecule has 0 amide bonds. The van der Waals surface area contributed by atoms with E-state index < -0.39 is 14.6 Å². The molecular formula is C18H32IN3O2S. The molecule has 144 valence electrons. The summed E-state index contributed by atoms with van der Waals surface area (Å²) in [5.41, 5.74) is 1.31. The largest absolute Gasteiger partial charge is 0.357 e. The van der Waals surface area contributed by atoms with Crippen molar-refractivity contribution in [1.82, 2.24) is 10.6 Å². The summed E-state index contributed by atoms with van der Waals surface area (Å²) in [6.07, 6.45) is 1.95. The molecule has 0 heterocycles. The molecule has 1 aromatic rings.